The van der Waals surface area contributed by atoms with Crippen LogP contribution in [0.2, 0.25) is 10.0 Å². The van der Waals surface area contributed by atoms with Crippen molar-refractivity contribution < 1.29 is 14.3 Å². The molecule has 0 aromatic heterocycles. The third-order valence-electron chi connectivity index (χ3n) is 4.10. The van der Waals surface area contributed by atoms with E-state index in [9.17, 15) is 9.59 Å². The smallest absolute Gasteiger partial charge is 0.258 e. The first kappa shape index (κ1) is 22.1. The Morgan fingerprint density at radius 3 is 2.43 bits per heavy atom. The lowest BCUT2D eigenvalue weighted by Gasteiger charge is -2.22. The van der Waals surface area contributed by atoms with Gasteiger partial charge in [-0.3, -0.25) is 9.59 Å². The molecule has 0 bridgehead atoms. The molecular weight excluding hydrogens is 399 g/mol. The van der Waals surface area contributed by atoms with E-state index in [-0.39, 0.29) is 24.3 Å². The van der Waals surface area contributed by atoms with Gasteiger partial charge in [0, 0.05) is 6.54 Å². The molecule has 1 atom stereocenters. The van der Waals surface area contributed by atoms with E-state index in [4.69, 9.17) is 27.9 Å². The first-order valence-corrected chi connectivity index (χ1v) is 9.82. The Hall–Kier alpha value is -2.24. The van der Waals surface area contributed by atoms with Crippen molar-refractivity contribution in [1.29, 1.82) is 0 Å². The number of rotatable bonds is 9. The van der Waals surface area contributed by atoms with Crippen LogP contribution in [0.15, 0.2) is 48.5 Å². The van der Waals surface area contributed by atoms with Crippen molar-refractivity contribution in [3.8, 4) is 5.75 Å². The van der Waals surface area contributed by atoms with Crippen molar-refractivity contribution in [2.75, 3.05) is 13.2 Å². The number of halogens is 2. The molecule has 2 aromatic carbocycles. The summed E-state index contributed by atoms with van der Waals surface area (Å²) in [6.45, 7) is 3.98. The van der Waals surface area contributed by atoms with Crippen LogP contribution in [0.25, 0.3) is 0 Å². The van der Waals surface area contributed by atoms with Gasteiger partial charge in [-0.05, 0) is 36.1 Å². The Morgan fingerprint density at radius 1 is 1.04 bits per heavy atom. The highest BCUT2D eigenvalue weighted by Gasteiger charge is 2.24. The zero-order chi connectivity index (χ0) is 20.5. The molecule has 2 amide bonds. The van der Waals surface area contributed by atoms with Crippen LogP contribution in [0.3, 0.4) is 0 Å². The molecule has 28 heavy (non-hydrogen) atoms. The van der Waals surface area contributed by atoms with Crippen molar-refractivity contribution in [2.24, 2.45) is 5.92 Å². The lowest BCUT2D eigenvalue weighted by Crippen LogP contribution is -2.51. The van der Waals surface area contributed by atoms with Gasteiger partial charge in [0.25, 0.3) is 5.91 Å². The second-order valence-corrected chi connectivity index (χ2v) is 7.43. The molecule has 2 N–H and O–H groups in total. The Bertz CT molecular complexity index is 797. The molecule has 2 aromatic rings. The number of amides is 2. The van der Waals surface area contributed by atoms with Crippen LogP contribution in [0.1, 0.15) is 19.4 Å². The van der Waals surface area contributed by atoms with E-state index in [1.54, 1.807) is 18.2 Å². The quantitative estimate of drug-likeness (QED) is 0.644. The minimum atomic E-state index is -0.651. The summed E-state index contributed by atoms with van der Waals surface area (Å²) in [5, 5.41) is 6.55. The second-order valence-electron chi connectivity index (χ2n) is 6.64. The van der Waals surface area contributed by atoms with Crippen LogP contribution in [0.5, 0.6) is 5.75 Å². The predicted molar refractivity (Wildman–Crippen MR) is 112 cm³/mol. The molecule has 0 aliphatic heterocycles. The van der Waals surface area contributed by atoms with Crippen molar-refractivity contribution in [3.63, 3.8) is 0 Å². The van der Waals surface area contributed by atoms with Crippen LogP contribution in [-0.2, 0) is 16.0 Å². The van der Waals surface area contributed by atoms with E-state index >= 15 is 0 Å². The van der Waals surface area contributed by atoms with E-state index < -0.39 is 6.04 Å². The van der Waals surface area contributed by atoms with Crippen molar-refractivity contribution in [2.45, 2.75) is 26.3 Å². The number of carbonyl (C=O) groups is 2. The van der Waals surface area contributed by atoms with Gasteiger partial charge in [0.15, 0.2) is 6.61 Å². The van der Waals surface area contributed by atoms with Crippen LogP contribution in [0, 0.1) is 5.92 Å². The van der Waals surface area contributed by atoms with Crippen LogP contribution in [-0.4, -0.2) is 31.0 Å². The molecule has 0 heterocycles. The summed E-state index contributed by atoms with van der Waals surface area (Å²) >= 11 is 12.2. The molecule has 0 saturated carbocycles. The average Bonchev–Trinajstić information content (AvgIpc) is 2.68. The van der Waals surface area contributed by atoms with Crippen molar-refractivity contribution in [3.05, 3.63) is 64.1 Å². The van der Waals surface area contributed by atoms with Gasteiger partial charge in [-0.2, -0.15) is 0 Å². The topological polar surface area (TPSA) is 67.4 Å². The monoisotopic (exact) mass is 422 g/mol. The van der Waals surface area contributed by atoms with E-state index in [0.29, 0.717) is 28.8 Å². The summed E-state index contributed by atoms with van der Waals surface area (Å²) < 4.78 is 5.42. The molecule has 7 heteroatoms. The first-order chi connectivity index (χ1) is 13.4. The molecule has 1 unspecified atom stereocenters. The third-order valence-corrected chi connectivity index (χ3v) is 4.96. The van der Waals surface area contributed by atoms with Crippen molar-refractivity contribution >= 4 is 35.0 Å². The highest BCUT2D eigenvalue weighted by atomic mass is 35.5. The fourth-order valence-corrected chi connectivity index (χ4v) is 3.00. The molecule has 150 valence electrons. The van der Waals surface area contributed by atoms with Gasteiger partial charge in [0.05, 0.1) is 10.0 Å². The molecule has 2 rings (SSSR count). The Morgan fingerprint density at radius 2 is 1.75 bits per heavy atom. The molecule has 0 fully saturated rings. The lowest BCUT2D eigenvalue weighted by molar-refractivity contribution is -0.131. The number of ether oxygens (including phenoxy) is 1. The average molecular weight is 423 g/mol. The van der Waals surface area contributed by atoms with Crippen molar-refractivity contribution in [1.82, 2.24) is 10.6 Å². The largest absolute Gasteiger partial charge is 0.484 e. The summed E-state index contributed by atoms with van der Waals surface area (Å²) in [7, 11) is 0. The number of para-hydroxylation sites is 1. The van der Waals surface area contributed by atoms with Gasteiger partial charge >= 0.3 is 0 Å². The zero-order valence-electron chi connectivity index (χ0n) is 15.9. The minimum absolute atomic E-state index is 0.0737. The van der Waals surface area contributed by atoms with Gasteiger partial charge in [0.2, 0.25) is 5.91 Å². The van der Waals surface area contributed by atoms with Gasteiger partial charge < -0.3 is 15.4 Å². The minimum Gasteiger partial charge on any atom is -0.484 e. The van der Waals surface area contributed by atoms with E-state index in [1.807, 2.05) is 44.2 Å². The molecule has 0 aliphatic rings. The maximum absolute atomic E-state index is 12.5. The summed E-state index contributed by atoms with van der Waals surface area (Å²) in [6, 6.07) is 13.8. The van der Waals surface area contributed by atoms with E-state index in [0.717, 1.165) is 5.56 Å². The van der Waals surface area contributed by atoms with Gasteiger partial charge in [-0.1, -0.05) is 67.4 Å². The zero-order valence-corrected chi connectivity index (χ0v) is 17.4. The maximum atomic E-state index is 12.5. The number of hydrogen-bond donors (Lipinski definition) is 2. The normalized spacial score (nSPS) is 11.8. The summed E-state index contributed by atoms with van der Waals surface area (Å²) in [5.74, 6) is -0.0752. The number of nitrogens with one attached hydrogen (secondary N) is 2. The van der Waals surface area contributed by atoms with Crippen LogP contribution < -0.4 is 15.4 Å². The lowest BCUT2D eigenvalue weighted by atomic mass is 10.0. The first-order valence-electron chi connectivity index (χ1n) is 9.06. The van der Waals surface area contributed by atoms with Gasteiger partial charge in [-0.25, -0.2) is 0 Å². The Balaban J connectivity index is 1.83. The molecule has 5 nitrogen and oxygen atoms in total. The predicted octanol–water partition coefficient (Wildman–Crippen LogP) is 3.87. The maximum Gasteiger partial charge on any atom is 0.258 e. The summed E-state index contributed by atoms with van der Waals surface area (Å²) in [6.07, 6.45) is 0.543. The second kappa shape index (κ2) is 10.9. The van der Waals surface area contributed by atoms with Crippen LogP contribution in [0.4, 0.5) is 0 Å². The molecule has 0 spiro atoms. The fourth-order valence-electron chi connectivity index (χ4n) is 2.59. The highest BCUT2D eigenvalue weighted by molar-refractivity contribution is 6.42. The molecular formula is C21H24Cl2N2O3. The fraction of sp³-hybridized carbons (Fsp3) is 0.333. The van der Waals surface area contributed by atoms with E-state index in [2.05, 4.69) is 10.6 Å². The molecule has 0 saturated heterocycles. The van der Waals surface area contributed by atoms with Gasteiger partial charge in [0.1, 0.15) is 11.8 Å². The number of benzene rings is 2. The standard InChI is InChI=1S/C21H24Cl2N2O3/c1-14(2)20(25-18(26)13-28-16-8-4-3-5-9-16)21(27)24-12-11-15-7-6-10-17(22)19(15)23/h3-10,14,20H,11-13H2,1-2H3,(H,24,27)(H,25,26). The SMILES string of the molecule is CC(C)C(NC(=O)COc1ccccc1)C(=O)NCCc1cccc(Cl)c1Cl. The van der Waals surface area contributed by atoms with E-state index in [1.165, 1.54) is 0 Å². The third kappa shape index (κ3) is 6.73. The molecule has 0 aliphatic carbocycles. The Labute approximate surface area is 175 Å². The summed E-state index contributed by atoms with van der Waals surface area (Å²) in [5.41, 5.74) is 0.857. The molecule has 0 radical (unpaired) electrons. The highest BCUT2D eigenvalue weighted by Crippen LogP contribution is 2.25. The number of hydrogen-bond acceptors (Lipinski definition) is 3. The summed E-state index contributed by atoms with van der Waals surface area (Å²) in [4.78, 5) is 24.7. The van der Waals surface area contributed by atoms with Gasteiger partial charge in [-0.15, -0.1) is 0 Å². The number of carbonyl (C=O) groups excluding carboxylic acids is 2. The Kier molecular flexibility index (Phi) is 8.61. The van der Waals surface area contributed by atoms with Crippen LogP contribution >= 0.6 is 23.2 Å².